The molecule has 0 bridgehead atoms. The standard InChI is InChI=1S/C14H19N3O3S/c1-3-15-14(21)17-16-9-11-5-7-12(8-6-11)20-10-13(18)19-4-2/h5-9H,3-4,10H2,1-2H3,(H2,15,17,21)/b16-9-. The third-order valence-electron chi connectivity index (χ3n) is 2.26. The molecule has 0 saturated carbocycles. The van der Waals surface area contributed by atoms with Crippen LogP contribution in [0.5, 0.6) is 5.75 Å². The van der Waals surface area contributed by atoms with E-state index in [4.69, 9.17) is 21.7 Å². The lowest BCUT2D eigenvalue weighted by atomic mass is 10.2. The quantitative estimate of drug-likeness (QED) is 0.344. The minimum absolute atomic E-state index is 0.0974. The molecule has 21 heavy (non-hydrogen) atoms. The largest absolute Gasteiger partial charge is 0.482 e. The van der Waals surface area contributed by atoms with Gasteiger partial charge in [-0.3, -0.25) is 5.43 Å². The number of benzene rings is 1. The summed E-state index contributed by atoms with van der Waals surface area (Å²) in [5.41, 5.74) is 3.58. The smallest absolute Gasteiger partial charge is 0.344 e. The summed E-state index contributed by atoms with van der Waals surface area (Å²) < 4.78 is 10.1. The van der Waals surface area contributed by atoms with Crippen LogP contribution in [0.4, 0.5) is 0 Å². The SMILES string of the molecule is CCNC(=S)N/N=C\c1ccc(OCC(=O)OCC)cc1. The molecular formula is C14H19N3O3S. The number of ether oxygens (including phenoxy) is 2. The van der Waals surface area contributed by atoms with Gasteiger partial charge < -0.3 is 14.8 Å². The van der Waals surface area contributed by atoms with E-state index in [2.05, 4.69) is 15.8 Å². The Bertz CT molecular complexity index is 489. The summed E-state index contributed by atoms with van der Waals surface area (Å²) in [7, 11) is 0. The molecule has 0 atom stereocenters. The van der Waals surface area contributed by atoms with Crippen molar-refractivity contribution < 1.29 is 14.3 Å². The van der Waals surface area contributed by atoms with E-state index in [1.54, 1.807) is 25.3 Å². The molecule has 0 amide bonds. The Kier molecular flexibility index (Phi) is 7.81. The molecule has 1 aromatic rings. The molecule has 1 rings (SSSR count). The molecule has 0 fully saturated rings. The van der Waals surface area contributed by atoms with Crippen molar-refractivity contribution in [2.45, 2.75) is 13.8 Å². The molecule has 0 unspecified atom stereocenters. The minimum atomic E-state index is -0.385. The van der Waals surface area contributed by atoms with Crippen LogP contribution in [0.2, 0.25) is 0 Å². The number of nitrogens with zero attached hydrogens (tertiary/aromatic N) is 1. The first-order valence-electron chi connectivity index (χ1n) is 6.61. The highest BCUT2D eigenvalue weighted by Crippen LogP contribution is 2.11. The van der Waals surface area contributed by atoms with Crippen molar-refractivity contribution in [3.8, 4) is 5.75 Å². The van der Waals surface area contributed by atoms with E-state index in [1.807, 2.05) is 19.1 Å². The van der Waals surface area contributed by atoms with Gasteiger partial charge in [-0.15, -0.1) is 0 Å². The molecule has 0 radical (unpaired) electrons. The highest BCUT2D eigenvalue weighted by Gasteiger charge is 2.02. The van der Waals surface area contributed by atoms with Crippen LogP contribution in [0.15, 0.2) is 29.4 Å². The van der Waals surface area contributed by atoms with Crippen LogP contribution in [0.1, 0.15) is 19.4 Å². The second kappa shape index (κ2) is 9.71. The zero-order chi connectivity index (χ0) is 15.5. The first-order valence-corrected chi connectivity index (χ1v) is 7.02. The fourth-order valence-corrected chi connectivity index (χ4v) is 1.56. The zero-order valence-electron chi connectivity index (χ0n) is 12.1. The predicted molar refractivity (Wildman–Crippen MR) is 85.6 cm³/mol. The summed E-state index contributed by atoms with van der Waals surface area (Å²) in [5.74, 6) is 0.209. The van der Waals surface area contributed by atoms with Gasteiger partial charge in [-0.2, -0.15) is 5.10 Å². The molecule has 7 heteroatoms. The van der Waals surface area contributed by atoms with Crippen molar-refractivity contribution in [2.24, 2.45) is 5.10 Å². The van der Waals surface area contributed by atoms with E-state index >= 15 is 0 Å². The third-order valence-corrected chi connectivity index (χ3v) is 2.49. The Morgan fingerprint density at radius 3 is 2.67 bits per heavy atom. The number of hydrogen-bond acceptors (Lipinski definition) is 5. The number of thiocarbonyl (C=S) groups is 1. The summed E-state index contributed by atoms with van der Waals surface area (Å²) in [5, 5.41) is 7.39. The molecular weight excluding hydrogens is 290 g/mol. The van der Waals surface area contributed by atoms with E-state index < -0.39 is 0 Å². The molecule has 0 aliphatic carbocycles. The molecule has 0 spiro atoms. The normalized spacial score (nSPS) is 10.2. The zero-order valence-corrected chi connectivity index (χ0v) is 12.9. The maximum atomic E-state index is 11.1. The molecule has 2 N–H and O–H groups in total. The Morgan fingerprint density at radius 2 is 2.05 bits per heavy atom. The van der Waals surface area contributed by atoms with Crippen molar-refractivity contribution in [1.29, 1.82) is 0 Å². The van der Waals surface area contributed by atoms with Gasteiger partial charge in [-0.05, 0) is 55.9 Å². The Morgan fingerprint density at radius 1 is 1.33 bits per heavy atom. The van der Waals surface area contributed by atoms with Gasteiger partial charge in [0, 0.05) is 6.54 Å². The molecule has 0 aliphatic rings. The van der Waals surface area contributed by atoms with Crippen molar-refractivity contribution >= 4 is 29.5 Å². The van der Waals surface area contributed by atoms with Gasteiger partial charge in [-0.25, -0.2) is 4.79 Å². The highest BCUT2D eigenvalue weighted by atomic mass is 32.1. The molecule has 6 nitrogen and oxygen atoms in total. The first kappa shape index (κ1) is 16.9. The van der Waals surface area contributed by atoms with Crippen LogP contribution in [-0.2, 0) is 9.53 Å². The predicted octanol–water partition coefficient (Wildman–Crippen LogP) is 1.45. The van der Waals surface area contributed by atoms with Gasteiger partial charge in [0.15, 0.2) is 11.7 Å². The number of esters is 1. The monoisotopic (exact) mass is 309 g/mol. The number of carbonyl (C=O) groups is 1. The van der Waals surface area contributed by atoms with Crippen LogP contribution in [0.25, 0.3) is 0 Å². The number of hydrazone groups is 1. The summed E-state index contributed by atoms with van der Waals surface area (Å²) >= 11 is 4.97. The fraction of sp³-hybridized carbons (Fsp3) is 0.357. The lowest BCUT2D eigenvalue weighted by Crippen LogP contribution is -2.31. The van der Waals surface area contributed by atoms with E-state index in [9.17, 15) is 4.79 Å². The highest BCUT2D eigenvalue weighted by molar-refractivity contribution is 7.80. The second-order valence-corrected chi connectivity index (χ2v) is 4.30. The summed E-state index contributed by atoms with van der Waals surface area (Å²) in [6.07, 6.45) is 1.64. The summed E-state index contributed by atoms with van der Waals surface area (Å²) in [4.78, 5) is 11.1. The van der Waals surface area contributed by atoms with E-state index in [-0.39, 0.29) is 12.6 Å². The van der Waals surface area contributed by atoms with Gasteiger partial charge in [0.1, 0.15) is 5.75 Å². The van der Waals surface area contributed by atoms with E-state index in [0.29, 0.717) is 17.5 Å². The Labute approximate surface area is 129 Å². The summed E-state index contributed by atoms with van der Waals surface area (Å²) in [6.45, 7) is 4.70. The van der Waals surface area contributed by atoms with Crippen molar-refractivity contribution in [1.82, 2.24) is 10.7 Å². The maximum Gasteiger partial charge on any atom is 0.344 e. The van der Waals surface area contributed by atoms with Crippen LogP contribution in [-0.4, -0.2) is 37.1 Å². The first-order chi connectivity index (χ1) is 10.2. The average molecular weight is 309 g/mol. The van der Waals surface area contributed by atoms with E-state index in [1.165, 1.54) is 0 Å². The molecule has 0 saturated heterocycles. The van der Waals surface area contributed by atoms with Crippen LogP contribution < -0.4 is 15.5 Å². The maximum absolute atomic E-state index is 11.1. The average Bonchev–Trinajstić information content (AvgIpc) is 2.47. The fourth-order valence-electron chi connectivity index (χ4n) is 1.36. The Balaban J connectivity index is 2.41. The Hall–Kier alpha value is -2.15. The van der Waals surface area contributed by atoms with Crippen LogP contribution >= 0.6 is 12.2 Å². The molecule has 0 aliphatic heterocycles. The number of carbonyl (C=O) groups excluding carboxylic acids is 1. The summed E-state index contributed by atoms with van der Waals surface area (Å²) in [6, 6.07) is 7.15. The lowest BCUT2D eigenvalue weighted by molar-refractivity contribution is -0.145. The van der Waals surface area contributed by atoms with Crippen LogP contribution in [0.3, 0.4) is 0 Å². The van der Waals surface area contributed by atoms with Crippen molar-refractivity contribution in [2.75, 3.05) is 19.8 Å². The van der Waals surface area contributed by atoms with Crippen molar-refractivity contribution in [3.63, 3.8) is 0 Å². The molecule has 0 aromatic heterocycles. The van der Waals surface area contributed by atoms with Gasteiger partial charge in [0.2, 0.25) is 0 Å². The van der Waals surface area contributed by atoms with Gasteiger partial charge in [0.25, 0.3) is 0 Å². The third kappa shape index (κ3) is 7.26. The number of nitrogens with one attached hydrogen (secondary N) is 2. The van der Waals surface area contributed by atoms with Crippen molar-refractivity contribution in [3.05, 3.63) is 29.8 Å². The minimum Gasteiger partial charge on any atom is -0.482 e. The molecule has 0 heterocycles. The van der Waals surface area contributed by atoms with Gasteiger partial charge >= 0.3 is 5.97 Å². The number of rotatable bonds is 7. The van der Waals surface area contributed by atoms with Gasteiger partial charge in [0.05, 0.1) is 12.8 Å². The molecule has 114 valence electrons. The second-order valence-electron chi connectivity index (χ2n) is 3.89. The lowest BCUT2D eigenvalue weighted by Gasteiger charge is -2.06. The van der Waals surface area contributed by atoms with E-state index in [0.717, 1.165) is 12.1 Å². The topological polar surface area (TPSA) is 72.0 Å². The molecule has 1 aromatic carbocycles. The van der Waals surface area contributed by atoms with Crippen LogP contribution in [0, 0.1) is 0 Å². The van der Waals surface area contributed by atoms with Gasteiger partial charge in [-0.1, -0.05) is 0 Å². The number of hydrogen-bond donors (Lipinski definition) is 2.